The summed E-state index contributed by atoms with van der Waals surface area (Å²) in [6, 6.07) is 14.0. The van der Waals surface area contributed by atoms with Crippen LogP contribution in [-0.4, -0.2) is 39.4 Å². The standard InChI is InChI=1S/C28H28ClFN4O/c1-2-23-28(34-16-21(29)6-10-27(34)31-23)25(35)8-4-17-3-7-24-18(11-17)5-9-26(32-24)33-14-19-12-22(30)13-20(19)15-33/h3,5-7,9-11,16,19-20,22H,2,4,8,12-15H2,1H3. The first-order valence-electron chi connectivity index (χ1n) is 12.5. The number of fused-ring (bicyclic) bond motifs is 3. The van der Waals surface area contributed by atoms with Crippen molar-refractivity contribution >= 4 is 39.8 Å². The zero-order chi connectivity index (χ0) is 24.1. The normalized spacial score (nSPS) is 21.8. The van der Waals surface area contributed by atoms with E-state index in [0.29, 0.717) is 54.7 Å². The molecule has 0 amide bonds. The highest BCUT2D eigenvalue weighted by molar-refractivity contribution is 6.30. The zero-order valence-corrected chi connectivity index (χ0v) is 20.5. The number of aromatic nitrogens is 3. The van der Waals surface area contributed by atoms with E-state index in [1.54, 1.807) is 12.3 Å². The van der Waals surface area contributed by atoms with E-state index in [0.717, 1.165) is 46.7 Å². The number of anilines is 1. The first-order chi connectivity index (χ1) is 17.0. The Hall–Kier alpha value is -2.99. The number of benzene rings is 1. The lowest BCUT2D eigenvalue weighted by Gasteiger charge is -2.19. The van der Waals surface area contributed by atoms with Crippen molar-refractivity contribution in [1.29, 1.82) is 0 Å². The first kappa shape index (κ1) is 22.5. The molecule has 2 atom stereocenters. The van der Waals surface area contributed by atoms with Gasteiger partial charge in [-0.05, 0) is 79.5 Å². The van der Waals surface area contributed by atoms with Crippen molar-refractivity contribution in [2.45, 2.75) is 45.2 Å². The number of aryl methyl sites for hydroxylation is 2. The van der Waals surface area contributed by atoms with E-state index in [2.05, 4.69) is 34.1 Å². The maximum absolute atomic E-state index is 13.7. The van der Waals surface area contributed by atoms with Gasteiger partial charge in [-0.1, -0.05) is 24.6 Å². The number of alkyl halides is 1. The number of carbonyl (C=O) groups is 1. The van der Waals surface area contributed by atoms with Gasteiger partial charge in [0.05, 0.1) is 16.2 Å². The lowest BCUT2D eigenvalue weighted by atomic mass is 10.0. The van der Waals surface area contributed by atoms with Crippen LogP contribution in [0.5, 0.6) is 0 Å². The molecule has 5 nitrogen and oxygen atoms in total. The average molecular weight is 491 g/mol. The second-order valence-corrected chi connectivity index (χ2v) is 10.4. The molecule has 1 aliphatic carbocycles. The number of hydrogen-bond acceptors (Lipinski definition) is 4. The Balaban J connectivity index is 1.17. The Bertz CT molecular complexity index is 1420. The molecule has 0 N–H and O–H groups in total. The molecule has 1 aliphatic heterocycles. The van der Waals surface area contributed by atoms with Gasteiger partial charge < -0.3 is 4.90 Å². The van der Waals surface area contributed by atoms with Crippen LogP contribution in [0, 0.1) is 11.8 Å². The molecular formula is C28H28ClFN4O. The van der Waals surface area contributed by atoms with Crippen LogP contribution in [0.4, 0.5) is 10.2 Å². The van der Waals surface area contributed by atoms with Gasteiger partial charge in [-0.25, -0.2) is 14.4 Å². The van der Waals surface area contributed by atoms with Crippen molar-refractivity contribution in [2.75, 3.05) is 18.0 Å². The lowest BCUT2D eigenvalue weighted by Crippen LogP contribution is -2.22. The third-order valence-electron chi connectivity index (χ3n) is 7.65. The summed E-state index contributed by atoms with van der Waals surface area (Å²) in [5, 5.41) is 1.65. The second kappa shape index (κ2) is 8.90. The zero-order valence-electron chi connectivity index (χ0n) is 19.8. The highest BCUT2D eigenvalue weighted by Crippen LogP contribution is 2.40. The summed E-state index contributed by atoms with van der Waals surface area (Å²) < 4.78 is 15.5. The predicted octanol–water partition coefficient (Wildman–Crippen LogP) is 6.10. The van der Waals surface area contributed by atoms with Gasteiger partial charge in [0.15, 0.2) is 5.78 Å². The van der Waals surface area contributed by atoms with Gasteiger partial charge in [0.2, 0.25) is 0 Å². The van der Waals surface area contributed by atoms with Crippen LogP contribution in [0.2, 0.25) is 5.02 Å². The minimum absolute atomic E-state index is 0.0697. The number of pyridine rings is 2. The summed E-state index contributed by atoms with van der Waals surface area (Å²) in [5.41, 5.74) is 4.23. The molecule has 0 radical (unpaired) electrons. The number of rotatable bonds is 6. The molecule has 3 aromatic heterocycles. The fraction of sp³-hybridized carbons (Fsp3) is 0.393. The van der Waals surface area contributed by atoms with Crippen LogP contribution >= 0.6 is 11.6 Å². The number of imidazole rings is 1. The van der Waals surface area contributed by atoms with Crippen LogP contribution in [0.3, 0.4) is 0 Å². The van der Waals surface area contributed by atoms with Crippen LogP contribution in [0.25, 0.3) is 16.6 Å². The fourth-order valence-corrected chi connectivity index (χ4v) is 6.06. The molecule has 180 valence electrons. The van der Waals surface area contributed by atoms with Crippen molar-refractivity contribution in [1.82, 2.24) is 14.4 Å². The molecule has 0 spiro atoms. The van der Waals surface area contributed by atoms with Crippen molar-refractivity contribution in [3.63, 3.8) is 0 Å². The third-order valence-corrected chi connectivity index (χ3v) is 7.87. The molecule has 1 saturated heterocycles. The van der Waals surface area contributed by atoms with E-state index in [1.807, 2.05) is 23.5 Å². The summed E-state index contributed by atoms with van der Waals surface area (Å²) in [6.45, 7) is 3.81. The highest BCUT2D eigenvalue weighted by Gasteiger charge is 2.41. The van der Waals surface area contributed by atoms with Gasteiger partial charge >= 0.3 is 0 Å². The number of Topliss-reactive ketones (excluding diaryl/α,β-unsaturated/α-hetero) is 1. The quantitative estimate of drug-likeness (QED) is 0.306. The first-order valence-corrected chi connectivity index (χ1v) is 12.8. The summed E-state index contributed by atoms with van der Waals surface area (Å²) in [6.07, 6.45) is 4.26. The Morgan fingerprint density at radius 1 is 1.09 bits per heavy atom. The SMILES string of the molecule is CCc1nc2ccc(Cl)cn2c1C(=O)CCc1ccc2nc(N3CC4CC(F)CC4C3)ccc2c1. The molecule has 2 fully saturated rings. The molecule has 2 unspecified atom stereocenters. The molecular weight excluding hydrogens is 463 g/mol. The topological polar surface area (TPSA) is 50.5 Å². The summed E-state index contributed by atoms with van der Waals surface area (Å²) >= 11 is 6.18. The average Bonchev–Trinajstić information content (AvgIpc) is 3.52. The lowest BCUT2D eigenvalue weighted by molar-refractivity contribution is 0.0976. The Labute approximate surface area is 208 Å². The minimum atomic E-state index is -0.624. The number of nitrogens with zero attached hydrogens (tertiary/aromatic N) is 4. The van der Waals surface area contributed by atoms with Crippen LogP contribution in [-0.2, 0) is 12.8 Å². The van der Waals surface area contributed by atoms with Gasteiger partial charge in [0, 0.05) is 31.1 Å². The summed E-state index contributed by atoms with van der Waals surface area (Å²) in [4.78, 5) is 25.0. The van der Waals surface area contributed by atoms with Crippen molar-refractivity contribution < 1.29 is 9.18 Å². The molecule has 35 heavy (non-hydrogen) atoms. The Morgan fingerprint density at radius 2 is 1.89 bits per heavy atom. The number of halogens is 2. The number of hydrogen-bond donors (Lipinski definition) is 0. The Morgan fingerprint density at radius 3 is 2.66 bits per heavy atom. The summed E-state index contributed by atoms with van der Waals surface area (Å²) in [5.74, 6) is 1.96. The van der Waals surface area contributed by atoms with Crippen molar-refractivity contribution in [3.8, 4) is 0 Å². The van der Waals surface area contributed by atoms with E-state index < -0.39 is 6.17 Å². The van der Waals surface area contributed by atoms with Crippen LogP contribution in [0.15, 0.2) is 48.7 Å². The molecule has 2 aliphatic rings. The van der Waals surface area contributed by atoms with Gasteiger partial charge in [0.25, 0.3) is 0 Å². The van der Waals surface area contributed by atoms with Crippen LogP contribution < -0.4 is 4.90 Å². The largest absolute Gasteiger partial charge is 0.356 e. The maximum atomic E-state index is 13.7. The predicted molar refractivity (Wildman–Crippen MR) is 137 cm³/mol. The smallest absolute Gasteiger partial charge is 0.181 e. The molecule has 1 aromatic carbocycles. The van der Waals surface area contributed by atoms with E-state index in [9.17, 15) is 9.18 Å². The summed E-state index contributed by atoms with van der Waals surface area (Å²) in [7, 11) is 0. The molecule has 7 heteroatoms. The van der Waals surface area contributed by atoms with Gasteiger partial charge in [0.1, 0.15) is 23.3 Å². The molecule has 4 aromatic rings. The fourth-order valence-electron chi connectivity index (χ4n) is 5.89. The molecule has 0 bridgehead atoms. The minimum Gasteiger partial charge on any atom is -0.356 e. The second-order valence-electron chi connectivity index (χ2n) is 9.95. The van der Waals surface area contributed by atoms with E-state index >= 15 is 0 Å². The number of carbonyl (C=O) groups excluding carboxylic acids is 1. The molecule has 4 heterocycles. The molecule has 1 saturated carbocycles. The van der Waals surface area contributed by atoms with Gasteiger partial charge in [-0.15, -0.1) is 0 Å². The van der Waals surface area contributed by atoms with Crippen LogP contribution in [0.1, 0.15) is 47.9 Å². The van der Waals surface area contributed by atoms with Crippen molar-refractivity contribution in [2.24, 2.45) is 11.8 Å². The van der Waals surface area contributed by atoms with Crippen molar-refractivity contribution in [3.05, 3.63) is 70.6 Å². The molecule has 6 rings (SSSR count). The maximum Gasteiger partial charge on any atom is 0.181 e. The Kier molecular flexibility index (Phi) is 5.72. The number of ketones is 1. The monoisotopic (exact) mass is 490 g/mol. The van der Waals surface area contributed by atoms with Gasteiger partial charge in [-0.2, -0.15) is 0 Å². The van der Waals surface area contributed by atoms with Gasteiger partial charge in [-0.3, -0.25) is 9.20 Å². The van der Waals surface area contributed by atoms with E-state index in [4.69, 9.17) is 16.6 Å². The van der Waals surface area contributed by atoms with E-state index in [-0.39, 0.29) is 5.78 Å². The van der Waals surface area contributed by atoms with E-state index in [1.165, 1.54) is 0 Å². The highest BCUT2D eigenvalue weighted by atomic mass is 35.5. The third kappa shape index (κ3) is 4.18.